The Hall–Kier alpha value is -0.380. The maximum atomic E-state index is 10.4. The Balaban J connectivity index is 2.52. The SMILES string of the molecule is CCN(CC)C(C)(C)C(O)CCc1cccs1. The third-order valence-corrected chi connectivity index (χ3v) is 4.57. The van der Waals surface area contributed by atoms with Gasteiger partial charge in [0.25, 0.3) is 0 Å². The zero-order chi connectivity index (χ0) is 12.9. The van der Waals surface area contributed by atoms with E-state index < -0.39 is 0 Å². The molecule has 0 saturated heterocycles. The van der Waals surface area contributed by atoms with Gasteiger partial charge in [0.2, 0.25) is 0 Å². The highest BCUT2D eigenvalue weighted by atomic mass is 32.1. The number of aryl methyl sites for hydroxylation is 1. The largest absolute Gasteiger partial charge is 0.391 e. The summed E-state index contributed by atoms with van der Waals surface area (Å²) in [5.41, 5.74) is -0.138. The van der Waals surface area contributed by atoms with Gasteiger partial charge in [-0.05, 0) is 51.2 Å². The zero-order valence-corrected chi connectivity index (χ0v) is 12.3. The summed E-state index contributed by atoms with van der Waals surface area (Å²) in [4.78, 5) is 3.69. The van der Waals surface area contributed by atoms with Crippen molar-refractivity contribution < 1.29 is 5.11 Å². The highest BCUT2D eigenvalue weighted by Crippen LogP contribution is 2.23. The lowest BCUT2D eigenvalue weighted by Gasteiger charge is -2.41. The van der Waals surface area contributed by atoms with E-state index in [0.717, 1.165) is 25.9 Å². The Kier molecular flexibility index (Phi) is 5.63. The van der Waals surface area contributed by atoms with E-state index >= 15 is 0 Å². The molecule has 0 saturated carbocycles. The Morgan fingerprint density at radius 2 is 2.00 bits per heavy atom. The molecule has 0 aliphatic rings. The molecule has 1 N–H and O–H groups in total. The molecule has 0 aliphatic carbocycles. The smallest absolute Gasteiger partial charge is 0.0721 e. The number of nitrogens with zero attached hydrogens (tertiary/aromatic N) is 1. The third-order valence-electron chi connectivity index (χ3n) is 3.64. The van der Waals surface area contributed by atoms with Crippen LogP contribution in [0.2, 0.25) is 0 Å². The van der Waals surface area contributed by atoms with Crippen LogP contribution in [0, 0.1) is 0 Å². The van der Waals surface area contributed by atoms with Gasteiger partial charge >= 0.3 is 0 Å². The predicted molar refractivity (Wildman–Crippen MR) is 75.6 cm³/mol. The minimum absolute atomic E-state index is 0.138. The van der Waals surface area contributed by atoms with Gasteiger partial charge in [-0.1, -0.05) is 19.9 Å². The van der Waals surface area contributed by atoms with Gasteiger partial charge in [0.05, 0.1) is 6.10 Å². The van der Waals surface area contributed by atoms with Gasteiger partial charge in [-0.25, -0.2) is 0 Å². The van der Waals surface area contributed by atoms with Gasteiger partial charge in [-0.3, -0.25) is 4.90 Å². The molecular weight excluding hydrogens is 230 g/mol. The number of hydrogen-bond acceptors (Lipinski definition) is 3. The Morgan fingerprint density at radius 1 is 1.35 bits per heavy atom. The molecule has 0 aliphatic heterocycles. The average molecular weight is 255 g/mol. The van der Waals surface area contributed by atoms with Crippen LogP contribution in [0.25, 0.3) is 0 Å². The van der Waals surface area contributed by atoms with Gasteiger partial charge in [-0.2, -0.15) is 0 Å². The van der Waals surface area contributed by atoms with Crippen molar-refractivity contribution >= 4 is 11.3 Å². The van der Waals surface area contributed by atoms with Crippen LogP contribution in [0.1, 0.15) is 39.0 Å². The fraction of sp³-hybridized carbons (Fsp3) is 0.714. The van der Waals surface area contributed by atoms with Crippen LogP contribution in [0.4, 0.5) is 0 Å². The number of likely N-dealkylation sites (N-methyl/N-ethyl adjacent to an activating group) is 1. The molecule has 1 heterocycles. The normalized spacial score (nSPS) is 14.2. The van der Waals surface area contributed by atoms with Crippen LogP contribution in [-0.4, -0.2) is 34.7 Å². The summed E-state index contributed by atoms with van der Waals surface area (Å²) in [5, 5.41) is 12.5. The number of hydrogen-bond donors (Lipinski definition) is 1. The monoisotopic (exact) mass is 255 g/mol. The summed E-state index contributed by atoms with van der Waals surface area (Å²) in [7, 11) is 0. The van der Waals surface area contributed by atoms with Crippen molar-refractivity contribution in [1.29, 1.82) is 0 Å². The molecule has 98 valence electrons. The van der Waals surface area contributed by atoms with E-state index in [9.17, 15) is 5.11 Å². The number of aliphatic hydroxyl groups excluding tert-OH is 1. The zero-order valence-electron chi connectivity index (χ0n) is 11.4. The van der Waals surface area contributed by atoms with Crippen LogP contribution in [0.5, 0.6) is 0 Å². The predicted octanol–water partition coefficient (Wildman–Crippen LogP) is 3.16. The molecular formula is C14H25NOS. The minimum atomic E-state index is -0.274. The van der Waals surface area contributed by atoms with E-state index in [2.05, 4.69) is 50.1 Å². The third kappa shape index (κ3) is 3.80. The first-order chi connectivity index (χ1) is 8.02. The second-order valence-electron chi connectivity index (χ2n) is 4.96. The number of thiophene rings is 1. The lowest BCUT2D eigenvalue weighted by atomic mass is 9.91. The van der Waals surface area contributed by atoms with Gasteiger partial charge in [-0.15, -0.1) is 11.3 Å². The van der Waals surface area contributed by atoms with Gasteiger partial charge in [0.1, 0.15) is 0 Å². The molecule has 2 nitrogen and oxygen atoms in total. The fourth-order valence-electron chi connectivity index (χ4n) is 2.34. The highest BCUT2D eigenvalue weighted by molar-refractivity contribution is 7.09. The first-order valence-corrected chi connectivity index (χ1v) is 7.35. The molecule has 0 bridgehead atoms. The highest BCUT2D eigenvalue weighted by Gasteiger charge is 2.32. The minimum Gasteiger partial charge on any atom is -0.391 e. The Morgan fingerprint density at radius 3 is 2.47 bits per heavy atom. The van der Waals surface area contributed by atoms with Crippen molar-refractivity contribution in [2.24, 2.45) is 0 Å². The molecule has 1 aromatic heterocycles. The first kappa shape index (κ1) is 14.7. The summed E-state index contributed by atoms with van der Waals surface area (Å²) in [6.07, 6.45) is 1.54. The molecule has 1 unspecified atom stereocenters. The van der Waals surface area contributed by atoms with Crippen molar-refractivity contribution in [2.75, 3.05) is 13.1 Å². The van der Waals surface area contributed by atoms with Crippen molar-refractivity contribution in [1.82, 2.24) is 4.90 Å². The van der Waals surface area contributed by atoms with Gasteiger partial charge in [0, 0.05) is 10.4 Å². The summed E-state index contributed by atoms with van der Waals surface area (Å²) in [5.74, 6) is 0. The molecule has 0 radical (unpaired) electrons. The quantitative estimate of drug-likeness (QED) is 0.809. The summed E-state index contributed by atoms with van der Waals surface area (Å²) in [6, 6.07) is 4.21. The number of rotatable bonds is 7. The van der Waals surface area contributed by atoms with E-state index in [4.69, 9.17) is 0 Å². The molecule has 0 spiro atoms. The summed E-state index contributed by atoms with van der Waals surface area (Å²) < 4.78 is 0. The van der Waals surface area contributed by atoms with E-state index in [1.165, 1.54) is 4.88 Å². The number of aliphatic hydroxyl groups is 1. The first-order valence-electron chi connectivity index (χ1n) is 6.47. The topological polar surface area (TPSA) is 23.5 Å². The molecule has 1 aromatic rings. The van der Waals surface area contributed by atoms with Crippen molar-refractivity contribution in [3.05, 3.63) is 22.4 Å². The Bertz CT molecular complexity index is 304. The van der Waals surface area contributed by atoms with Gasteiger partial charge in [0.15, 0.2) is 0 Å². The molecule has 0 amide bonds. The lowest BCUT2D eigenvalue weighted by Crippen LogP contribution is -2.52. The average Bonchev–Trinajstić information content (AvgIpc) is 2.79. The fourth-order valence-corrected chi connectivity index (χ4v) is 3.06. The van der Waals surface area contributed by atoms with E-state index in [0.29, 0.717) is 0 Å². The molecule has 0 fully saturated rings. The molecule has 3 heteroatoms. The maximum absolute atomic E-state index is 10.4. The van der Waals surface area contributed by atoms with E-state index in [1.54, 1.807) is 11.3 Å². The Labute approximate surface area is 109 Å². The van der Waals surface area contributed by atoms with Crippen molar-refractivity contribution in [3.8, 4) is 0 Å². The second-order valence-corrected chi connectivity index (χ2v) is 5.99. The van der Waals surface area contributed by atoms with Crippen molar-refractivity contribution in [3.63, 3.8) is 0 Å². The molecule has 17 heavy (non-hydrogen) atoms. The van der Waals surface area contributed by atoms with Crippen LogP contribution in [-0.2, 0) is 6.42 Å². The standard InChI is InChI=1S/C14H25NOS/c1-5-15(6-2)14(3,4)13(16)10-9-12-8-7-11-17-12/h7-8,11,13,16H,5-6,9-10H2,1-4H3. The van der Waals surface area contributed by atoms with Gasteiger partial charge < -0.3 is 5.11 Å². The maximum Gasteiger partial charge on any atom is 0.0721 e. The molecule has 1 atom stereocenters. The van der Waals surface area contributed by atoms with E-state index in [-0.39, 0.29) is 11.6 Å². The van der Waals surface area contributed by atoms with Crippen LogP contribution >= 0.6 is 11.3 Å². The van der Waals surface area contributed by atoms with Crippen LogP contribution in [0.15, 0.2) is 17.5 Å². The molecule has 0 aromatic carbocycles. The van der Waals surface area contributed by atoms with Crippen LogP contribution < -0.4 is 0 Å². The summed E-state index contributed by atoms with van der Waals surface area (Å²) in [6.45, 7) is 10.5. The molecule has 1 rings (SSSR count). The van der Waals surface area contributed by atoms with Crippen LogP contribution in [0.3, 0.4) is 0 Å². The summed E-state index contributed by atoms with van der Waals surface area (Å²) >= 11 is 1.77. The van der Waals surface area contributed by atoms with Crippen molar-refractivity contribution in [2.45, 2.75) is 52.2 Å². The lowest BCUT2D eigenvalue weighted by molar-refractivity contribution is -0.00877. The second kappa shape index (κ2) is 6.53. The van der Waals surface area contributed by atoms with E-state index in [1.807, 2.05) is 0 Å².